The lowest BCUT2D eigenvalue weighted by atomic mass is 10.1. The summed E-state index contributed by atoms with van der Waals surface area (Å²) in [6, 6.07) is 10.1. The first kappa shape index (κ1) is 16.0. The van der Waals surface area contributed by atoms with Crippen molar-refractivity contribution >= 4 is 23.2 Å². The maximum absolute atomic E-state index is 12.2. The average Bonchev–Trinajstić information content (AvgIpc) is 3.38. The molecule has 24 heavy (non-hydrogen) atoms. The molecule has 0 saturated heterocycles. The van der Waals surface area contributed by atoms with Crippen LogP contribution in [0.1, 0.15) is 18.4 Å². The van der Waals surface area contributed by atoms with Gasteiger partial charge in [-0.3, -0.25) is 14.4 Å². The number of carbonyl (C=O) groups is 2. The molecule has 1 aromatic heterocycles. The van der Waals surface area contributed by atoms with E-state index in [0.29, 0.717) is 11.4 Å². The molecule has 2 N–H and O–H groups in total. The zero-order valence-electron chi connectivity index (χ0n) is 13.4. The second-order valence-corrected chi connectivity index (χ2v) is 6.01. The third kappa shape index (κ3) is 3.90. The maximum atomic E-state index is 12.2. The number of benzene rings is 1. The number of pyridine rings is 1. The normalized spacial score (nSPS) is 13.4. The zero-order valence-corrected chi connectivity index (χ0v) is 13.4. The van der Waals surface area contributed by atoms with Gasteiger partial charge in [0, 0.05) is 29.6 Å². The molecule has 6 heteroatoms. The van der Waals surface area contributed by atoms with E-state index in [-0.39, 0.29) is 29.8 Å². The predicted molar refractivity (Wildman–Crippen MR) is 91.9 cm³/mol. The lowest BCUT2D eigenvalue weighted by molar-refractivity contribution is -0.117. The monoisotopic (exact) mass is 325 g/mol. The van der Waals surface area contributed by atoms with Crippen LogP contribution in [-0.2, 0) is 16.1 Å². The number of aromatic nitrogens is 1. The number of amides is 2. The highest BCUT2D eigenvalue weighted by atomic mass is 16.2. The Hall–Kier alpha value is -2.89. The molecule has 0 bridgehead atoms. The minimum atomic E-state index is -0.294. The minimum absolute atomic E-state index is 0.0203. The molecule has 0 atom stereocenters. The number of anilines is 2. The molecule has 3 rings (SSSR count). The molecule has 2 amide bonds. The molecule has 0 aliphatic heterocycles. The van der Waals surface area contributed by atoms with Crippen LogP contribution in [0, 0.1) is 12.8 Å². The molecule has 1 heterocycles. The van der Waals surface area contributed by atoms with E-state index in [9.17, 15) is 14.4 Å². The summed E-state index contributed by atoms with van der Waals surface area (Å²) in [7, 11) is 0. The van der Waals surface area contributed by atoms with Crippen molar-refractivity contribution in [2.24, 2.45) is 5.92 Å². The van der Waals surface area contributed by atoms with E-state index < -0.39 is 0 Å². The molecular formula is C18H19N3O3. The van der Waals surface area contributed by atoms with Crippen molar-refractivity contribution in [1.82, 2.24) is 4.57 Å². The first-order valence-corrected chi connectivity index (χ1v) is 7.90. The lowest BCUT2D eigenvalue weighted by Crippen LogP contribution is -2.26. The van der Waals surface area contributed by atoms with Gasteiger partial charge in [-0.15, -0.1) is 0 Å². The fraction of sp³-hybridized carbons (Fsp3) is 0.278. The largest absolute Gasteiger partial charge is 0.326 e. The third-order valence-electron chi connectivity index (χ3n) is 3.94. The van der Waals surface area contributed by atoms with Crippen LogP contribution in [-0.4, -0.2) is 16.4 Å². The van der Waals surface area contributed by atoms with Crippen molar-refractivity contribution in [2.75, 3.05) is 10.6 Å². The first-order chi connectivity index (χ1) is 11.5. The van der Waals surface area contributed by atoms with Crippen LogP contribution >= 0.6 is 0 Å². The van der Waals surface area contributed by atoms with Crippen LogP contribution in [0.15, 0.2) is 47.4 Å². The number of hydrogen-bond donors (Lipinski definition) is 2. The van der Waals surface area contributed by atoms with Crippen LogP contribution in [0.3, 0.4) is 0 Å². The number of rotatable bonds is 5. The van der Waals surface area contributed by atoms with Gasteiger partial charge in [-0.25, -0.2) is 0 Å². The number of aryl methyl sites for hydroxylation is 1. The van der Waals surface area contributed by atoms with Gasteiger partial charge in [0.05, 0.1) is 0 Å². The molecule has 2 aromatic rings. The fourth-order valence-electron chi connectivity index (χ4n) is 2.36. The zero-order chi connectivity index (χ0) is 17.1. The fourth-order valence-corrected chi connectivity index (χ4v) is 2.36. The van der Waals surface area contributed by atoms with E-state index in [1.165, 1.54) is 10.6 Å². The molecule has 1 aliphatic rings. The molecule has 0 unspecified atom stereocenters. The van der Waals surface area contributed by atoms with Gasteiger partial charge in [0.15, 0.2) is 0 Å². The highest BCUT2D eigenvalue weighted by Gasteiger charge is 2.29. The van der Waals surface area contributed by atoms with Crippen molar-refractivity contribution in [3.63, 3.8) is 0 Å². The molecule has 1 fully saturated rings. The number of carbonyl (C=O) groups excluding carboxylic acids is 2. The third-order valence-corrected chi connectivity index (χ3v) is 3.94. The Bertz CT molecular complexity index is 837. The summed E-state index contributed by atoms with van der Waals surface area (Å²) in [4.78, 5) is 35.7. The summed E-state index contributed by atoms with van der Waals surface area (Å²) in [5.74, 6) is -0.154. The van der Waals surface area contributed by atoms with Gasteiger partial charge in [-0.1, -0.05) is 12.1 Å². The van der Waals surface area contributed by atoms with Crippen LogP contribution in [0.5, 0.6) is 0 Å². The molecule has 0 spiro atoms. The van der Waals surface area contributed by atoms with Crippen LogP contribution in [0.4, 0.5) is 11.4 Å². The SMILES string of the molecule is Cc1ccc(NC(=O)C2CC2)cc1NC(=O)Cn1ccccc1=O. The van der Waals surface area contributed by atoms with E-state index in [0.717, 1.165) is 18.4 Å². The number of hydrogen-bond acceptors (Lipinski definition) is 3. The van der Waals surface area contributed by atoms with Gasteiger partial charge in [0.25, 0.3) is 5.56 Å². The maximum Gasteiger partial charge on any atom is 0.250 e. The van der Waals surface area contributed by atoms with Crippen molar-refractivity contribution < 1.29 is 9.59 Å². The molecule has 6 nitrogen and oxygen atoms in total. The van der Waals surface area contributed by atoms with Crippen molar-refractivity contribution in [3.8, 4) is 0 Å². The number of nitrogens with zero attached hydrogens (tertiary/aromatic N) is 1. The molecule has 1 aromatic carbocycles. The van der Waals surface area contributed by atoms with Gasteiger partial charge >= 0.3 is 0 Å². The molecule has 1 saturated carbocycles. The van der Waals surface area contributed by atoms with Crippen molar-refractivity contribution in [1.29, 1.82) is 0 Å². The van der Waals surface area contributed by atoms with Crippen LogP contribution < -0.4 is 16.2 Å². The van der Waals surface area contributed by atoms with E-state index in [2.05, 4.69) is 10.6 Å². The van der Waals surface area contributed by atoms with E-state index >= 15 is 0 Å². The van der Waals surface area contributed by atoms with Crippen LogP contribution in [0.25, 0.3) is 0 Å². The smallest absolute Gasteiger partial charge is 0.250 e. The quantitative estimate of drug-likeness (QED) is 0.884. The Morgan fingerprint density at radius 1 is 1.17 bits per heavy atom. The van der Waals surface area contributed by atoms with Gasteiger partial charge in [0.1, 0.15) is 6.54 Å². The highest BCUT2D eigenvalue weighted by molar-refractivity contribution is 5.96. The second-order valence-electron chi connectivity index (χ2n) is 6.01. The Morgan fingerprint density at radius 3 is 2.67 bits per heavy atom. The standard InChI is InChI=1S/C18H19N3O3/c1-12-5-8-14(19-18(24)13-6-7-13)10-15(12)20-16(22)11-21-9-3-2-4-17(21)23/h2-5,8-10,13H,6-7,11H2,1H3,(H,19,24)(H,20,22). The summed E-state index contributed by atoms with van der Waals surface area (Å²) < 4.78 is 1.34. The lowest BCUT2D eigenvalue weighted by Gasteiger charge is -2.12. The Labute approximate surface area is 139 Å². The van der Waals surface area contributed by atoms with Crippen molar-refractivity contribution in [3.05, 3.63) is 58.5 Å². The summed E-state index contributed by atoms with van der Waals surface area (Å²) in [6.07, 6.45) is 3.45. The topological polar surface area (TPSA) is 80.2 Å². The average molecular weight is 325 g/mol. The summed E-state index contributed by atoms with van der Waals surface area (Å²) in [5, 5.41) is 5.65. The highest BCUT2D eigenvalue weighted by Crippen LogP contribution is 2.30. The van der Waals surface area contributed by atoms with Gasteiger partial charge in [-0.05, 0) is 43.5 Å². The summed E-state index contributed by atoms with van der Waals surface area (Å²) >= 11 is 0. The molecular weight excluding hydrogens is 306 g/mol. The Kier molecular flexibility index (Phi) is 4.46. The molecule has 124 valence electrons. The van der Waals surface area contributed by atoms with E-state index in [4.69, 9.17) is 0 Å². The summed E-state index contributed by atoms with van der Waals surface area (Å²) in [5.41, 5.74) is 1.94. The minimum Gasteiger partial charge on any atom is -0.326 e. The molecule has 1 aliphatic carbocycles. The number of nitrogens with one attached hydrogen (secondary N) is 2. The van der Waals surface area contributed by atoms with Gasteiger partial charge < -0.3 is 15.2 Å². The van der Waals surface area contributed by atoms with Crippen LogP contribution in [0.2, 0.25) is 0 Å². The molecule has 0 radical (unpaired) electrons. The van der Waals surface area contributed by atoms with E-state index in [1.54, 1.807) is 24.4 Å². The Morgan fingerprint density at radius 2 is 1.96 bits per heavy atom. The van der Waals surface area contributed by atoms with Gasteiger partial charge in [0.2, 0.25) is 11.8 Å². The summed E-state index contributed by atoms with van der Waals surface area (Å²) in [6.45, 7) is 1.81. The first-order valence-electron chi connectivity index (χ1n) is 7.90. The van der Waals surface area contributed by atoms with E-state index in [1.807, 2.05) is 19.1 Å². The second kappa shape index (κ2) is 6.70. The predicted octanol–water partition coefficient (Wildman–Crippen LogP) is 2.14. The Balaban J connectivity index is 1.69. The van der Waals surface area contributed by atoms with Crippen molar-refractivity contribution in [2.45, 2.75) is 26.3 Å². The van der Waals surface area contributed by atoms with Gasteiger partial charge in [-0.2, -0.15) is 0 Å².